The Morgan fingerprint density at radius 2 is 2.29 bits per heavy atom. The van der Waals surface area contributed by atoms with Gasteiger partial charge in [-0.3, -0.25) is 0 Å². The number of allylic oxidation sites excluding steroid dienone is 1. The molecule has 1 aromatic rings. The van der Waals surface area contributed by atoms with Gasteiger partial charge in [0, 0.05) is 11.1 Å². The SMILES string of the molecule is C=CCCC(N)c1ccc(Cl)cc1C. The Morgan fingerprint density at radius 3 is 2.86 bits per heavy atom. The van der Waals surface area contributed by atoms with Crippen molar-refractivity contribution in [3.8, 4) is 0 Å². The lowest BCUT2D eigenvalue weighted by Crippen LogP contribution is -2.11. The Morgan fingerprint density at radius 1 is 1.57 bits per heavy atom. The first-order chi connectivity index (χ1) is 6.65. The van der Waals surface area contributed by atoms with E-state index in [0.717, 1.165) is 23.4 Å². The highest BCUT2D eigenvalue weighted by molar-refractivity contribution is 6.30. The van der Waals surface area contributed by atoms with Crippen molar-refractivity contribution in [1.82, 2.24) is 0 Å². The van der Waals surface area contributed by atoms with Gasteiger partial charge < -0.3 is 5.73 Å². The molecule has 2 N–H and O–H groups in total. The summed E-state index contributed by atoms with van der Waals surface area (Å²) in [6.07, 6.45) is 3.78. The molecule has 0 bridgehead atoms. The molecule has 0 saturated heterocycles. The third kappa shape index (κ3) is 2.86. The quantitative estimate of drug-likeness (QED) is 0.754. The van der Waals surface area contributed by atoms with Crippen LogP contribution < -0.4 is 5.73 Å². The van der Waals surface area contributed by atoms with Crippen molar-refractivity contribution in [2.24, 2.45) is 5.73 Å². The molecular weight excluding hydrogens is 194 g/mol. The second-order valence-corrected chi connectivity index (χ2v) is 3.91. The van der Waals surface area contributed by atoms with Gasteiger partial charge in [0.05, 0.1) is 0 Å². The van der Waals surface area contributed by atoms with Crippen LogP contribution in [0.1, 0.15) is 30.0 Å². The molecule has 76 valence electrons. The fourth-order valence-electron chi connectivity index (χ4n) is 1.51. The van der Waals surface area contributed by atoms with Crippen LogP contribution >= 0.6 is 11.6 Å². The zero-order chi connectivity index (χ0) is 10.6. The zero-order valence-corrected chi connectivity index (χ0v) is 9.22. The summed E-state index contributed by atoms with van der Waals surface area (Å²) in [5.41, 5.74) is 8.38. The highest BCUT2D eigenvalue weighted by Gasteiger charge is 2.07. The van der Waals surface area contributed by atoms with E-state index in [-0.39, 0.29) is 6.04 Å². The van der Waals surface area contributed by atoms with Crippen molar-refractivity contribution in [2.75, 3.05) is 0 Å². The van der Waals surface area contributed by atoms with Crippen molar-refractivity contribution in [1.29, 1.82) is 0 Å². The molecule has 0 amide bonds. The summed E-state index contributed by atoms with van der Waals surface area (Å²) >= 11 is 5.87. The van der Waals surface area contributed by atoms with Crippen LogP contribution in [0.4, 0.5) is 0 Å². The Kier molecular flexibility index (Phi) is 4.18. The van der Waals surface area contributed by atoms with E-state index in [9.17, 15) is 0 Å². The number of benzene rings is 1. The van der Waals surface area contributed by atoms with Crippen LogP contribution in [-0.2, 0) is 0 Å². The second kappa shape index (κ2) is 5.18. The molecule has 0 aliphatic heterocycles. The van der Waals surface area contributed by atoms with Crippen LogP contribution in [0.5, 0.6) is 0 Å². The first-order valence-corrected chi connectivity index (χ1v) is 5.15. The molecule has 2 heteroatoms. The Balaban J connectivity index is 2.78. The van der Waals surface area contributed by atoms with E-state index in [4.69, 9.17) is 17.3 Å². The molecule has 0 saturated carbocycles. The Bertz CT molecular complexity index is 320. The average Bonchev–Trinajstić information content (AvgIpc) is 2.14. The molecule has 0 aromatic heterocycles. The number of rotatable bonds is 4. The van der Waals surface area contributed by atoms with E-state index in [1.165, 1.54) is 5.56 Å². The number of nitrogens with two attached hydrogens (primary N) is 1. The van der Waals surface area contributed by atoms with Gasteiger partial charge in [0.1, 0.15) is 0 Å². The maximum Gasteiger partial charge on any atom is 0.0408 e. The third-order valence-corrected chi connectivity index (χ3v) is 2.55. The predicted molar refractivity (Wildman–Crippen MR) is 62.5 cm³/mol. The topological polar surface area (TPSA) is 26.0 Å². The predicted octanol–water partition coefficient (Wildman–Crippen LogP) is 3.61. The summed E-state index contributed by atoms with van der Waals surface area (Å²) in [5, 5.41) is 0.766. The fourth-order valence-corrected chi connectivity index (χ4v) is 1.73. The molecule has 0 fully saturated rings. The molecule has 0 radical (unpaired) electrons. The van der Waals surface area contributed by atoms with Crippen molar-refractivity contribution in [3.63, 3.8) is 0 Å². The van der Waals surface area contributed by atoms with E-state index < -0.39 is 0 Å². The summed E-state index contributed by atoms with van der Waals surface area (Å²) < 4.78 is 0. The molecule has 1 rings (SSSR count). The average molecular weight is 210 g/mol. The van der Waals surface area contributed by atoms with E-state index in [1.807, 2.05) is 31.2 Å². The van der Waals surface area contributed by atoms with E-state index in [2.05, 4.69) is 6.58 Å². The number of halogens is 1. The Hall–Kier alpha value is -0.790. The van der Waals surface area contributed by atoms with Crippen LogP contribution in [0.3, 0.4) is 0 Å². The van der Waals surface area contributed by atoms with Gasteiger partial charge in [-0.15, -0.1) is 6.58 Å². The van der Waals surface area contributed by atoms with Gasteiger partial charge in [-0.2, -0.15) is 0 Å². The van der Waals surface area contributed by atoms with Gasteiger partial charge >= 0.3 is 0 Å². The fraction of sp³-hybridized carbons (Fsp3) is 0.333. The third-order valence-electron chi connectivity index (χ3n) is 2.31. The minimum Gasteiger partial charge on any atom is -0.324 e. The van der Waals surface area contributed by atoms with Crippen LogP contribution in [0.15, 0.2) is 30.9 Å². The first-order valence-electron chi connectivity index (χ1n) is 4.77. The molecule has 1 aromatic carbocycles. The summed E-state index contributed by atoms with van der Waals surface area (Å²) in [6, 6.07) is 5.93. The highest BCUT2D eigenvalue weighted by atomic mass is 35.5. The number of aryl methyl sites for hydroxylation is 1. The van der Waals surface area contributed by atoms with Gasteiger partial charge in [-0.25, -0.2) is 0 Å². The minimum atomic E-state index is 0.0882. The van der Waals surface area contributed by atoms with Gasteiger partial charge in [-0.1, -0.05) is 23.7 Å². The van der Waals surface area contributed by atoms with Crippen molar-refractivity contribution in [3.05, 3.63) is 47.0 Å². The molecule has 1 nitrogen and oxygen atoms in total. The lowest BCUT2D eigenvalue weighted by Gasteiger charge is -2.13. The maximum atomic E-state index is 6.04. The van der Waals surface area contributed by atoms with Crippen LogP contribution in [0, 0.1) is 6.92 Å². The molecular formula is C12H16ClN. The standard InChI is InChI=1S/C12H16ClN/c1-3-4-5-12(14)11-7-6-10(13)8-9(11)2/h3,6-8,12H,1,4-5,14H2,2H3. The van der Waals surface area contributed by atoms with Gasteiger partial charge in [0.15, 0.2) is 0 Å². The normalized spacial score (nSPS) is 12.5. The largest absolute Gasteiger partial charge is 0.324 e. The van der Waals surface area contributed by atoms with Crippen LogP contribution in [0.2, 0.25) is 5.02 Å². The lowest BCUT2D eigenvalue weighted by atomic mass is 9.98. The molecule has 0 aliphatic carbocycles. The summed E-state index contributed by atoms with van der Waals surface area (Å²) in [5.74, 6) is 0. The first kappa shape index (κ1) is 11.3. The van der Waals surface area contributed by atoms with Crippen LogP contribution in [-0.4, -0.2) is 0 Å². The van der Waals surface area contributed by atoms with E-state index in [1.54, 1.807) is 0 Å². The van der Waals surface area contributed by atoms with Gasteiger partial charge in [-0.05, 0) is 43.0 Å². The van der Waals surface area contributed by atoms with Crippen molar-refractivity contribution < 1.29 is 0 Å². The summed E-state index contributed by atoms with van der Waals surface area (Å²) in [6.45, 7) is 5.72. The Labute approximate surface area is 90.6 Å². The second-order valence-electron chi connectivity index (χ2n) is 3.47. The van der Waals surface area contributed by atoms with E-state index >= 15 is 0 Å². The molecule has 0 aliphatic rings. The van der Waals surface area contributed by atoms with Gasteiger partial charge in [0.2, 0.25) is 0 Å². The van der Waals surface area contributed by atoms with Crippen molar-refractivity contribution in [2.45, 2.75) is 25.8 Å². The number of hydrogen-bond donors (Lipinski definition) is 1. The molecule has 14 heavy (non-hydrogen) atoms. The van der Waals surface area contributed by atoms with Crippen molar-refractivity contribution >= 4 is 11.6 Å². The summed E-state index contributed by atoms with van der Waals surface area (Å²) in [4.78, 5) is 0. The van der Waals surface area contributed by atoms with Gasteiger partial charge in [0.25, 0.3) is 0 Å². The number of hydrogen-bond acceptors (Lipinski definition) is 1. The highest BCUT2D eigenvalue weighted by Crippen LogP contribution is 2.22. The lowest BCUT2D eigenvalue weighted by molar-refractivity contribution is 0.658. The molecule has 1 atom stereocenters. The zero-order valence-electron chi connectivity index (χ0n) is 8.46. The molecule has 0 spiro atoms. The monoisotopic (exact) mass is 209 g/mol. The smallest absolute Gasteiger partial charge is 0.0408 e. The maximum absolute atomic E-state index is 6.04. The van der Waals surface area contributed by atoms with Crippen LogP contribution in [0.25, 0.3) is 0 Å². The van der Waals surface area contributed by atoms with E-state index in [0.29, 0.717) is 0 Å². The molecule has 0 heterocycles. The minimum absolute atomic E-state index is 0.0882. The molecule has 1 unspecified atom stereocenters. The summed E-state index contributed by atoms with van der Waals surface area (Å²) in [7, 11) is 0.